The van der Waals surface area contributed by atoms with E-state index < -0.39 is 0 Å². The molecule has 2 rings (SSSR count). The van der Waals surface area contributed by atoms with E-state index in [9.17, 15) is 4.39 Å². The molecule has 0 aliphatic carbocycles. The van der Waals surface area contributed by atoms with Crippen LogP contribution in [0.5, 0.6) is 0 Å². The van der Waals surface area contributed by atoms with Gasteiger partial charge < -0.3 is 10.6 Å². The van der Waals surface area contributed by atoms with Crippen molar-refractivity contribution in [3.05, 3.63) is 21.5 Å². The average Bonchev–Trinajstić information content (AvgIpc) is 2.72. The molecule has 0 spiro atoms. The smallest absolute Gasteiger partial charge is 0.138 e. The summed E-state index contributed by atoms with van der Waals surface area (Å²) in [6, 6.07) is 3.30. The second kappa shape index (κ2) is 5.42. The first-order valence-electron chi connectivity index (χ1n) is 6.11. The average molecular weight is 348 g/mol. The Hall–Kier alpha value is -0.520. The Balaban J connectivity index is 2.16. The second-order valence-corrected chi connectivity index (χ2v) is 5.88. The number of nitrogens with zero attached hydrogens (tertiary/aromatic N) is 1. The van der Waals surface area contributed by atoms with Gasteiger partial charge in [0.1, 0.15) is 5.82 Å². The molecule has 1 aromatic carbocycles. The van der Waals surface area contributed by atoms with Gasteiger partial charge in [-0.15, -0.1) is 0 Å². The fourth-order valence-corrected chi connectivity index (χ4v) is 3.01. The highest BCUT2D eigenvalue weighted by Crippen LogP contribution is 2.32. The Bertz CT molecular complexity index is 409. The molecule has 94 valence electrons. The van der Waals surface area contributed by atoms with Crippen molar-refractivity contribution < 1.29 is 4.39 Å². The molecular formula is C13H18FIN2. The van der Waals surface area contributed by atoms with E-state index >= 15 is 0 Å². The molecule has 2 N–H and O–H groups in total. The van der Waals surface area contributed by atoms with Crippen molar-refractivity contribution in [3.63, 3.8) is 0 Å². The van der Waals surface area contributed by atoms with Crippen LogP contribution in [0, 0.1) is 15.3 Å². The van der Waals surface area contributed by atoms with Gasteiger partial charge in [0.05, 0.1) is 14.9 Å². The van der Waals surface area contributed by atoms with E-state index in [1.165, 1.54) is 19.3 Å². The molecule has 1 saturated heterocycles. The Kier molecular flexibility index (Phi) is 4.12. The van der Waals surface area contributed by atoms with E-state index in [4.69, 9.17) is 5.73 Å². The maximum Gasteiger partial charge on any atom is 0.138 e. The van der Waals surface area contributed by atoms with Crippen LogP contribution in [0.4, 0.5) is 15.8 Å². The Labute approximate surface area is 116 Å². The lowest BCUT2D eigenvalue weighted by molar-refractivity contribution is 0.529. The highest BCUT2D eigenvalue weighted by molar-refractivity contribution is 14.1. The van der Waals surface area contributed by atoms with Crippen LogP contribution >= 0.6 is 22.6 Å². The first kappa shape index (κ1) is 12.9. The SMILES string of the molecule is CCCC1CCN(c2cc(F)c(I)cc2N)C1. The molecule has 0 amide bonds. The van der Waals surface area contributed by atoms with Gasteiger partial charge in [0.2, 0.25) is 0 Å². The summed E-state index contributed by atoms with van der Waals surface area (Å²) in [6.45, 7) is 4.22. The number of nitrogen functional groups attached to an aromatic ring is 1. The number of anilines is 2. The van der Waals surface area contributed by atoms with E-state index in [1.54, 1.807) is 12.1 Å². The third-order valence-corrected chi connectivity index (χ3v) is 4.22. The number of halogens is 2. The third kappa shape index (κ3) is 2.84. The van der Waals surface area contributed by atoms with Crippen LogP contribution < -0.4 is 10.6 Å². The normalized spacial score (nSPS) is 19.9. The summed E-state index contributed by atoms with van der Waals surface area (Å²) in [5.74, 6) is 0.565. The predicted molar refractivity (Wildman–Crippen MR) is 78.8 cm³/mol. The molecule has 1 unspecified atom stereocenters. The zero-order chi connectivity index (χ0) is 12.4. The summed E-state index contributed by atoms with van der Waals surface area (Å²) in [5, 5.41) is 0. The minimum atomic E-state index is -0.172. The van der Waals surface area contributed by atoms with Gasteiger partial charge in [-0.25, -0.2) is 4.39 Å². The Morgan fingerprint density at radius 1 is 1.53 bits per heavy atom. The van der Waals surface area contributed by atoms with Crippen molar-refractivity contribution in [1.29, 1.82) is 0 Å². The molecule has 1 atom stereocenters. The van der Waals surface area contributed by atoms with Crippen molar-refractivity contribution in [2.75, 3.05) is 23.7 Å². The quantitative estimate of drug-likeness (QED) is 0.668. The minimum absolute atomic E-state index is 0.172. The maximum atomic E-state index is 13.6. The fraction of sp³-hybridized carbons (Fsp3) is 0.538. The summed E-state index contributed by atoms with van der Waals surface area (Å²) in [7, 11) is 0. The van der Waals surface area contributed by atoms with Crippen LogP contribution in [0.15, 0.2) is 12.1 Å². The van der Waals surface area contributed by atoms with E-state index in [2.05, 4.69) is 11.8 Å². The molecule has 1 fully saturated rings. The molecule has 1 aliphatic rings. The molecule has 2 nitrogen and oxygen atoms in total. The van der Waals surface area contributed by atoms with Crippen LogP contribution in [0.1, 0.15) is 26.2 Å². The summed E-state index contributed by atoms with van der Waals surface area (Å²) >= 11 is 1.97. The number of hydrogen-bond donors (Lipinski definition) is 1. The van der Waals surface area contributed by atoms with E-state index in [1.807, 2.05) is 22.6 Å². The highest BCUT2D eigenvalue weighted by Gasteiger charge is 2.23. The summed E-state index contributed by atoms with van der Waals surface area (Å²) in [6.07, 6.45) is 3.67. The van der Waals surface area contributed by atoms with Crippen molar-refractivity contribution in [3.8, 4) is 0 Å². The van der Waals surface area contributed by atoms with Gasteiger partial charge in [0, 0.05) is 19.2 Å². The van der Waals surface area contributed by atoms with Crippen LogP contribution in [0.25, 0.3) is 0 Å². The first-order valence-corrected chi connectivity index (χ1v) is 7.19. The number of nitrogens with two attached hydrogens (primary N) is 1. The van der Waals surface area contributed by atoms with E-state index in [-0.39, 0.29) is 5.82 Å². The Morgan fingerprint density at radius 3 is 3.00 bits per heavy atom. The molecule has 1 aliphatic heterocycles. The summed E-state index contributed by atoms with van der Waals surface area (Å²) in [5.41, 5.74) is 7.53. The molecule has 0 aromatic heterocycles. The Morgan fingerprint density at radius 2 is 2.29 bits per heavy atom. The van der Waals surface area contributed by atoms with Crippen molar-refractivity contribution in [1.82, 2.24) is 0 Å². The zero-order valence-corrected chi connectivity index (χ0v) is 12.2. The zero-order valence-electron chi connectivity index (χ0n) is 10.0. The highest BCUT2D eigenvalue weighted by atomic mass is 127. The van der Waals surface area contributed by atoms with Gasteiger partial charge in [-0.1, -0.05) is 13.3 Å². The minimum Gasteiger partial charge on any atom is -0.397 e. The van der Waals surface area contributed by atoms with Gasteiger partial charge >= 0.3 is 0 Å². The maximum absolute atomic E-state index is 13.6. The van der Waals surface area contributed by atoms with Crippen LogP contribution in [-0.4, -0.2) is 13.1 Å². The monoisotopic (exact) mass is 348 g/mol. The van der Waals surface area contributed by atoms with Crippen molar-refractivity contribution >= 4 is 34.0 Å². The van der Waals surface area contributed by atoms with Crippen molar-refractivity contribution in [2.45, 2.75) is 26.2 Å². The topological polar surface area (TPSA) is 29.3 Å². The van der Waals surface area contributed by atoms with Gasteiger partial charge in [0.25, 0.3) is 0 Å². The molecule has 0 radical (unpaired) electrons. The number of hydrogen-bond acceptors (Lipinski definition) is 2. The van der Waals surface area contributed by atoms with Gasteiger partial charge in [-0.05, 0) is 47.4 Å². The largest absolute Gasteiger partial charge is 0.397 e. The van der Waals surface area contributed by atoms with E-state index in [0.717, 1.165) is 24.7 Å². The van der Waals surface area contributed by atoms with Crippen LogP contribution in [0.2, 0.25) is 0 Å². The summed E-state index contributed by atoms with van der Waals surface area (Å²) < 4.78 is 14.2. The van der Waals surface area contributed by atoms with Crippen molar-refractivity contribution in [2.24, 2.45) is 5.92 Å². The van der Waals surface area contributed by atoms with Gasteiger partial charge in [0.15, 0.2) is 0 Å². The molecule has 0 saturated carbocycles. The standard InChI is InChI=1S/C13H18FIN2/c1-2-3-9-4-5-17(8-9)13-6-10(14)11(15)7-12(13)16/h6-7,9H,2-5,8,16H2,1H3. The van der Waals surface area contributed by atoms with Crippen LogP contribution in [0.3, 0.4) is 0 Å². The van der Waals surface area contributed by atoms with Gasteiger partial charge in [-0.2, -0.15) is 0 Å². The molecule has 1 aromatic rings. The van der Waals surface area contributed by atoms with E-state index in [0.29, 0.717) is 9.26 Å². The number of benzene rings is 1. The molecule has 0 bridgehead atoms. The third-order valence-electron chi connectivity index (χ3n) is 3.39. The lowest BCUT2D eigenvalue weighted by atomic mass is 10.0. The number of rotatable bonds is 3. The molecule has 4 heteroatoms. The molecular weight excluding hydrogens is 330 g/mol. The predicted octanol–water partition coefficient (Wildman–Crippen LogP) is 3.64. The first-order chi connectivity index (χ1) is 8.11. The lowest BCUT2D eigenvalue weighted by Crippen LogP contribution is -2.21. The second-order valence-electron chi connectivity index (χ2n) is 4.71. The summed E-state index contributed by atoms with van der Waals surface area (Å²) in [4.78, 5) is 2.22. The van der Waals surface area contributed by atoms with Gasteiger partial charge in [-0.3, -0.25) is 0 Å². The molecule has 17 heavy (non-hydrogen) atoms. The molecule has 1 heterocycles. The lowest BCUT2D eigenvalue weighted by Gasteiger charge is -2.21. The fourth-order valence-electron chi connectivity index (χ4n) is 2.52. The van der Waals surface area contributed by atoms with Crippen LogP contribution in [-0.2, 0) is 0 Å².